The number of ether oxygens (including phenoxy) is 2. The summed E-state index contributed by atoms with van der Waals surface area (Å²) in [7, 11) is -2.45. The Hall–Kier alpha value is -2.31. The van der Waals surface area contributed by atoms with Crippen LogP contribution < -0.4 is 4.90 Å². The zero-order valence-electron chi connectivity index (χ0n) is 13.6. The molecule has 0 saturated carbocycles. The van der Waals surface area contributed by atoms with Gasteiger partial charge in [-0.25, -0.2) is 8.42 Å². The van der Waals surface area contributed by atoms with Gasteiger partial charge in [0.1, 0.15) is 0 Å². The standard InChI is InChI=1S/C13H17N3O8S/c1-14(8-12-23-4-3-5-24-12)13-10(15(17)18)6-9(25(2,21)22)7-11(13)16(19)20/h6-7,12H,3-5,8H2,1-2H3. The molecule has 1 aromatic rings. The van der Waals surface area contributed by atoms with Gasteiger partial charge in [-0.05, 0) is 6.42 Å². The van der Waals surface area contributed by atoms with E-state index in [1.165, 1.54) is 11.9 Å². The predicted molar refractivity (Wildman–Crippen MR) is 86.4 cm³/mol. The van der Waals surface area contributed by atoms with E-state index in [9.17, 15) is 28.6 Å². The van der Waals surface area contributed by atoms with Crippen molar-refractivity contribution < 1.29 is 27.7 Å². The van der Waals surface area contributed by atoms with Gasteiger partial charge in [-0.2, -0.15) is 0 Å². The molecular weight excluding hydrogens is 358 g/mol. The van der Waals surface area contributed by atoms with Crippen LogP contribution in [0.25, 0.3) is 0 Å². The minimum atomic E-state index is -3.86. The van der Waals surface area contributed by atoms with Gasteiger partial charge in [0, 0.05) is 25.4 Å². The van der Waals surface area contributed by atoms with Crippen molar-refractivity contribution in [2.45, 2.75) is 17.6 Å². The highest BCUT2D eigenvalue weighted by Gasteiger charge is 2.33. The molecule has 1 aromatic carbocycles. The third kappa shape index (κ3) is 4.41. The van der Waals surface area contributed by atoms with Crippen molar-refractivity contribution in [3.05, 3.63) is 32.4 Å². The first-order valence-corrected chi connectivity index (χ1v) is 9.11. The van der Waals surface area contributed by atoms with E-state index >= 15 is 0 Å². The maximum atomic E-state index is 11.7. The van der Waals surface area contributed by atoms with Crippen LogP contribution in [-0.2, 0) is 19.3 Å². The lowest BCUT2D eigenvalue weighted by Crippen LogP contribution is -2.36. The Morgan fingerprint density at radius 3 is 2.04 bits per heavy atom. The molecule has 11 nitrogen and oxygen atoms in total. The SMILES string of the molecule is CN(CC1OCCCO1)c1c([N+](=O)[O-])cc(S(C)(=O)=O)cc1[N+](=O)[O-]. The fraction of sp³-hybridized carbons (Fsp3) is 0.538. The van der Waals surface area contributed by atoms with Gasteiger partial charge in [0.15, 0.2) is 21.8 Å². The summed E-state index contributed by atoms with van der Waals surface area (Å²) in [6, 6.07) is 1.63. The van der Waals surface area contributed by atoms with Crippen molar-refractivity contribution in [2.75, 3.05) is 38.0 Å². The van der Waals surface area contributed by atoms with E-state index in [-0.39, 0.29) is 12.2 Å². The zero-order valence-corrected chi connectivity index (χ0v) is 14.4. The third-order valence-electron chi connectivity index (χ3n) is 3.57. The van der Waals surface area contributed by atoms with Crippen molar-refractivity contribution in [3.63, 3.8) is 0 Å². The van der Waals surface area contributed by atoms with Crippen LogP contribution in [0.2, 0.25) is 0 Å². The van der Waals surface area contributed by atoms with E-state index in [0.29, 0.717) is 19.6 Å². The minimum absolute atomic E-state index is 0.0138. The van der Waals surface area contributed by atoms with E-state index in [2.05, 4.69) is 0 Å². The average Bonchev–Trinajstić information content (AvgIpc) is 2.53. The molecule has 0 aliphatic carbocycles. The summed E-state index contributed by atoms with van der Waals surface area (Å²) in [6.07, 6.45) is 0.847. The molecule has 0 atom stereocenters. The Labute approximate surface area is 143 Å². The van der Waals surface area contributed by atoms with E-state index in [4.69, 9.17) is 9.47 Å². The summed E-state index contributed by atoms with van der Waals surface area (Å²) in [5.41, 5.74) is -1.65. The Morgan fingerprint density at radius 1 is 1.16 bits per heavy atom. The lowest BCUT2D eigenvalue weighted by molar-refractivity contribution is -0.393. The van der Waals surface area contributed by atoms with Gasteiger partial charge in [-0.1, -0.05) is 0 Å². The number of hydrogen-bond acceptors (Lipinski definition) is 9. The van der Waals surface area contributed by atoms with Gasteiger partial charge in [0.2, 0.25) is 0 Å². The highest BCUT2D eigenvalue weighted by Crippen LogP contribution is 2.39. The molecule has 0 radical (unpaired) electrons. The van der Waals surface area contributed by atoms with Crippen molar-refractivity contribution in [3.8, 4) is 0 Å². The van der Waals surface area contributed by atoms with Gasteiger partial charge < -0.3 is 14.4 Å². The molecule has 2 rings (SSSR count). The number of nitrogens with zero attached hydrogens (tertiary/aromatic N) is 3. The molecule has 25 heavy (non-hydrogen) atoms. The van der Waals surface area contributed by atoms with Crippen LogP contribution in [0.4, 0.5) is 17.1 Å². The second kappa shape index (κ2) is 7.29. The Bertz CT molecular complexity index is 753. The van der Waals surface area contributed by atoms with Crippen LogP contribution in [0.15, 0.2) is 17.0 Å². The molecule has 0 bridgehead atoms. The van der Waals surface area contributed by atoms with Crippen molar-refractivity contribution >= 4 is 26.9 Å². The van der Waals surface area contributed by atoms with Crippen LogP contribution >= 0.6 is 0 Å². The number of nitro benzene ring substituents is 2. The number of sulfone groups is 1. The summed E-state index contributed by atoms with van der Waals surface area (Å²) >= 11 is 0. The highest BCUT2D eigenvalue weighted by molar-refractivity contribution is 7.90. The molecule has 1 heterocycles. The fourth-order valence-corrected chi connectivity index (χ4v) is 3.07. The Kier molecular flexibility index (Phi) is 5.55. The van der Waals surface area contributed by atoms with Crippen LogP contribution in [0.5, 0.6) is 0 Å². The van der Waals surface area contributed by atoms with Crippen molar-refractivity contribution in [1.82, 2.24) is 0 Å². The molecule has 1 saturated heterocycles. The van der Waals surface area contributed by atoms with Crippen LogP contribution in [0, 0.1) is 20.2 Å². The summed E-state index contributed by atoms with van der Waals surface area (Å²) in [4.78, 5) is 21.8. The van der Waals surface area contributed by atoms with Gasteiger partial charge in [-0.15, -0.1) is 0 Å². The number of benzene rings is 1. The van der Waals surface area contributed by atoms with Gasteiger partial charge >= 0.3 is 11.4 Å². The largest absolute Gasteiger partial charge is 0.358 e. The molecule has 0 amide bonds. The van der Waals surface area contributed by atoms with Gasteiger partial charge in [0.05, 0.1) is 34.5 Å². The molecule has 1 aliphatic heterocycles. The predicted octanol–water partition coefficient (Wildman–Crippen LogP) is 1.11. The molecule has 138 valence electrons. The molecule has 1 aliphatic rings. The number of nitro groups is 2. The average molecular weight is 375 g/mol. The van der Waals surface area contributed by atoms with E-state index in [1.54, 1.807) is 0 Å². The smallest absolute Gasteiger partial charge is 0.300 e. The molecule has 0 unspecified atom stereocenters. The van der Waals surface area contributed by atoms with Gasteiger partial charge in [-0.3, -0.25) is 20.2 Å². The summed E-state index contributed by atoms with van der Waals surface area (Å²) in [5.74, 6) is 0. The second-order valence-corrected chi connectivity index (χ2v) is 7.52. The monoisotopic (exact) mass is 375 g/mol. The normalized spacial score (nSPS) is 15.8. The first-order valence-electron chi connectivity index (χ1n) is 7.22. The summed E-state index contributed by atoms with van der Waals surface area (Å²) in [5, 5.41) is 22.7. The van der Waals surface area contributed by atoms with E-state index in [0.717, 1.165) is 18.4 Å². The first-order chi connectivity index (χ1) is 11.6. The summed E-state index contributed by atoms with van der Waals surface area (Å²) in [6.45, 7) is 0.922. The molecular formula is C13H17N3O8S. The topological polar surface area (TPSA) is 142 Å². The third-order valence-corrected chi connectivity index (χ3v) is 4.66. The minimum Gasteiger partial charge on any atom is -0.358 e. The molecule has 1 fully saturated rings. The zero-order chi connectivity index (χ0) is 18.8. The Balaban J connectivity index is 2.53. The number of rotatable bonds is 6. The van der Waals surface area contributed by atoms with Crippen LogP contribution in [-0.4, -0.2) is 57.6 Å². The highest BCUT2D eigenvalue weighted by atomic mass is 32.2. The van der Waals surface area contributed by atoms with Crippen LogP contribution in [0.1, 0.15) is 6.42 Å². The fourth-order valence-electron chi connectivity index (χ4n) is 2.42. The molecule has 0 aromatic heterocycles. The van der Waals surface area contributed by atoms with E-state index < -0.39 is 42.2 Å². The number of likely N-dealkylation sites (N-methyl/N-ethyl adjacent to an activating group) is 1. The maximum absolute atomic E-state index is 11.7. The summed E-state index contributed by atoms with van der Waals surface area (Å²) < 4.78 is 34.1. The molecule has 0 spiro atoms. The number of hydrogen-bond donors (Lipinski definition) is 0. The van der Waals surface area contributed by atoms with Crippen molar-refractivity contribution in [2.24, 2.45) is 0 Å². The maximum Gasteiger partial charge on any atom is 0.300 e. The second-order valence-electron chi connectivity index (χ2n) is 5.50. The first kappa shape index (κ1) is 19.0. The Morgan fingerprint density at radius 2 is 1.64 bits per heavy atom. The van der Waals surface area contributed by atoms with Crippen molar-refractivity contribution in [1.29, 1.82) is 0 Å². The number of anilines is 1. The molecule has 12 heteroatoms. The van der Waals surface area contributed by atoms with Crippen LogP contribution in [0.3, 0.4) is 0 Å². The van der Waals surface area contributed by atoms with E-state index in [1.807, 2.05) is 0 Å². The lowest BCUT2D eigenvalue weighted by Gasteiger charge is -2.28. The quantitative estimate of drug-likeness (QED) is 0.527. The van der Waals surface area contributed by atoms with Gasteiger partial charge in [0.25, 0.3) is 0 Å². The lowest BCUT2D eigenvalue weighted by atomic mass is 10.2. The molecule has 0 N–H and O–H groups in total.